The predicted molar refractivity (Wildman–Crippen MR) is 95.2 cm³/mol. The molecule has 2 N–H and O–H groups in total. The van der Waals surface area contributed by atoms with Gasteiger partial charge in [0.1, 0.15) is 5.69 Å². The van der Waals surface area contributed by atoms with E-state index < -0.39 is 0 Å². The lowest BCUT2D eigenvalue weighted by atomic mass is 9.90. The van der Waals surface area contributed by atoms with Crippen molar-refractivity contribution in [3.8, 4) is 0 Å². The smallest absolute Gasteiger partial charge is 0.269 e. The number of hydrogen-bond donors (Lipinski definition) is 2. The van der Waals surface area contributed by atoms with Crippen molar-refractivity contribution in [2.75, 3.05) is 26.2 Å². The van der Waals surface area contributed by atoms with Crippen molar-refractivity contribution in [1.82, 2.24) is 20.2 Å². The molecule has 128 valence electrons. The zero-order chi connectivity index (χ0) is 16.8. The number of carbonyl (C=O) groups excluding carboxylic acids is 1. The average molecular weight is 347 g/mol. The maximum absolute atomic E-state index is 11.8. The van der Waals surface area contributed by atoms with Gasteiger partial charge in [-0.1, -0.05) is 23.7 Å². The average Bonchev–Trinajstić information content (AvgIpc) is 3.13. The van der Waals surface area contributed by atoms with Crippen LogP contribution in [-0.4, -0.2) is 47.0 Å². The van der Waals surface area contributed by atoms with E-state index in [-0.39, 0.29) is 5.91 Å². The quantitative estimate of drug-likeness (QED) is 0.845. The first-order valence-electron chi connectivity index (χ1n) is 8.44. The van der Waals surface area contributed by atoms with Crippen LogP contribution in [-0.2, 0) is 6.42 Å². The zero-order valence-corrected chi connectivity index (χ0v) is 14.4. The fourth-order valence-electron chi connectivity index (χ4n) is 3.17. The third-order valence-corrected chi connectivity index (χ3v) is 4.85. The van der Waals surface area contributed by atoms with Gasteiger partial charge in [0, 0.05) is 18.1 Å². The van der Waals surface area contributed by atoms with Crippen molar-refractivity contribution in [3.05, 3.63) is 53.1 Å². The number of piperidine rings is 1. The van der Waals surface area contributed by atoms with Crippen LogP contribution in [0.2, 0.25) is 5.02 Å². The molecule has 1 fully saturated rings. The van der Waals surface area contributed by atoms with Crippen LogP contribution in [0.5, 0.6) is 0 Å². The van der Waals surface area contributed by atoms with Gasteiger partial charge in [-0.2, -0.15) is 0 Å². The van der Waals surface area contributed by atoms with Crippen LogP contribution in [0, 0.1) is 5.92 Å². The molecule has 5 nitrogen and oxygen atoms in total. The van der Waals surface area contributed by atoms with Gasteiger partial charge in [-0.3, -0.25) is 4.79 Å². The number of aromatic nitrogens is 2. The Labute approximate surface area is 147 Å². The van der Waals surface area contributed by atoms with Crippen molar-refractivity contribution in [1.29, 1.82) is 0 Å². The van der Waals surface area contributed by atoms with Crippen LogP contribution in [0.4, 0.5) is 0 Å². The Balaban J connectivity index is 1.34. The molecule has 0 bridgehead atoms. The summed E-state index contributed by atoms with van der Waals surface area (Å²) in [5.74, 6) is 0.645. The van der Waals surface area contributed by atoms with Gasteiger partial charge in [0.05, 0.1) is 12.5 Å². The van der Waals surface area contributed by atoms with E-state index in [1.807, 2.05) is 12.1 Å². The molecule has 24 heavy (non-hydrogen) atoms. The van der Waals surface area contributed by atoms with Crippen molar-refractivity contribution in [3.63, 3.8) is 0 Å². The van der Waals surface area contributed by atoms with E-state index in [0.29, 0.717) is 12.2 Å². The SMILES string of the molecule is O=C(NCCN1CCC(Cc2ccc(Cl)cc2)CC1)c1cnc[nH]1. The van der Waals surface area contributed by atoms with Crippen molar-refractivity contribution < 1.29 is 4.79 Å². The number of nitrogens with zero attached hydrogens (tertiary/aromatic N) is 2. The van der Waals surface area contributed by atoms with E-state index in [9.17, 15) is 4.79 Å². The lowest BCUT2D eigenvalue weighted by molar-refractivity contribution is 0.0939. The molecule has 0 radical (unpaired) electrons. The van der Waals surface area contributed by atoms with Gasteiger partial charge in [0.2, 0.25) is 0 Å². The van der Waals surface area contributed by atoms with Gasteiger partial charge >= 0.3 is 0 Å². The van der Waals surface area contributed by atoms with Gasteiger partial charge in [-0.25, -0.2) is 4.98 Å². The Hall–Kier alpha value is -1.85. The molecular formula is C18H23ClN4O. The summed E-state index contributed by atoms with van der Waals surface area (Å²) >= 11 is 5.93. The van der Waals surface area contributed by atoms with E-state index in [2.05, 4.69) is 32.3 Å². The minimum absolute atomic E-state index is 0.0925. The summed E-state index contributed by atoms with van der Waals surface area (Å²) in [5, 5.41) is 3.72. The molecule has 3 rings (SSSR count). The number of aromatic amines is 1. The second-order valence-electron chi connectivity index (χ2n) is 6.34. The Kier molecular flexibility index (Phi) is 5.88. The summed E-state index contributed by atoms with van der Waals surface area (Å²) in [5.41, 5.74) is 1.88. The molecule has 6 heteroatoms. The van der Waals surface area contributed by atoms with E-state index in [0.717, 1.165) is 37.0 Å². The standard InChI is InChI=1S/C18H23ClN4O/c19-16-3-1-14(2-4-16)11-15-5-8-23(9-6-15)10-7-21-18(24)17-12-20-13-22-17/h1-4,12-13,15H,5-11H2,(H,20,22)(H,21,24). The van der Waals surface area contributed by atoms with Crippen LogP contribution in [0.15, 0.2) is 36.8 Å². The van der Waals surface area contributed by atoms with E-state index in [4.69, 9.17) is 11.6 Å². The first-order valence-corrected chi connectivity index (χ1v) is 8.82. The number of hydrogen-bond acceptors (Lipinski definition) is 3. The molecule has 1 amide bonds. The molecule has 0 aliphatic carbocycles. The van der Waals surface area contributed by atoms with Crippen molar-refractivity contribution in [2.45, 2.75) is 19.3 Å². The molecule has 1 aromatic carbocycles. The highest BCUT2D eigenvalue weighted by Gasteiger charge is 2.19. The minimum Gasteiger partial charge on any atom is -0.349 e. The third-order valence-electron chi connectivity index (χ3n) is 4.60. The summed E-state index contributed by atoms with van der Waals surface area (Å²) in [6.45, 7) is 3.75. The molecule has 1 aliphatic rings. The summed E-state index contributed by atoms with van der Waals surface area (Å²) in [6.07, 6.45) is 6.59. The summed E-state index contributed by atoms with van der Waals surface area (Å²) in [4.78, 5) is 20.9. The molecule has 2 aromatic rings. The fourth-order valence-corrected chi connectivity index (χ4v) is 3.30. The molecule has 0 unspecified atom stereocenters. The van der Waals surface area contributed by atoms with E-state index in [1.165, 1.54) is 30.9 Å². The normalized spacial score (nSPS) is 16.2. The first kappa shape index (κ1) is 17.0. The van der Waals surface area contributed by atoms with Gasteiger partial charge < -0.3 is 15.2 Å². The van der Waals surface area contributed by atoms with Crippen LogP contribution >= 0.6 is 11.6 Å². The maximum atomic E-state index is 11.8. The number of H-pyrrole nitrogens is 1. The number of carbonyl (C=O) groups is 1. The summed E-state index contributed by atoms with van der Waals surface area (Å²) in [7, 11) is 0. The fraction of sp³-hybridized carbons (Fsp3) is 0.444. The highest BCUT2D eigenvalue weighted by atomic mass is 35.5. The Morgan fingerprint density at radius 3 is 2.71 bits per heavy atom. The number of imidazole rings is 1. The van der Waals surface area contributed by atoms with Gasteiger partial charge in [-0.15, -0.1) is 0 Å². The lowest BCUT2D eigenvalue weighted by Gasteiger charge is -2.32. The molecule has 0 saturated carbocycles. The second kappa shape index (κ2) is 8.31. The largest absolute Gasteiger partial charge is 0.349 e. The molecule has 0 spiro atoms. The Morgan fingerprint density at radius 1 is 1.29 bits per heavy atom. The summed E-state index contributed by atoms with van der Waals surface area (Å²) in [6, 6.07) is 8.18. The number of halogens is 1. The minimum atomic E-state index is -0.0925. The maximum Gasteiger partial charge on any atom is 0.269 e. The van der Waals surface area contributed by atoms with Gasteiger partial charge in [0.15, 0.2) is 0 Å². The third kappa shape index (κ3) is 4.82. The number of nitrogens with one attached hydrogen (secondary N) is 2. The molecule has 1 aliphatic heterocycles. The van der Waals surface area contributed by atoms with Crippen molar-refractivity contribution >= 4 is 17.5 Å². The zero-order valence-electron chi connectivity index (χ0n) is 13.7. The number of rotatable bonds is 6. The Bertz CT molecular complexity index is 634. The first-order chi connectivity index (χ1) is 11.7. The van der Waals surface area contributed by atoms with Gasteiger partial charge in [0.25, 0.3) is 5.91 Å². The van der Waals surface area contributed by atoms with Crippen molar-refractivity contribution in [2.24, 2.45) is 5.92 Å². The number of amides is 1. The van der Waals surface area contributed by atoms with E-state index >= 15 is 0 Å². The monoisotopic (exact) mass is 346 g/mol. The number of benzene rings is 1. The van der Waals surface area contributed by atoms with Crippen LogP contribution in [0.25, 0.3) is 0 Å². The topological polar surface area (TPSA) is 61.0 Å². The number of likely N-dealkylation sites (tertiary alicyclic amines) is 1. The van der Waals surface area contributed by atoms with Gasteiger partial charge in [-0.05, 0) is 56.0 Å². The molecular weight excluding hydrogens is 324 g/mol. The molecule has 2 heterocycles. The Morgan fingerprint density at radius 2 is 2.04 bits per heavy atom. The molecule has 1 saturated heterocycles. The second-order valence-corrected chi connectivity index (χ2v) is 6.77. The summed E-state index contributed by atoms with van der Waals surface area (Å²) < 4.78 is 0. The lowest BCUT2D eigenvalue weighted by Crippen LogP contribution is -2.40. The van der Waals surface area contributed by atoms with E-state index in [1.54, 1.807) is 0 Å². The molecule has 1 aromatic heterocycles. The van der Waals surface area contributed by atoms with Crippen LogP contribution < -0.4 is 5.32 Å². The molecule has 0 atom stereocenters. The predicted octanol–water partition coefficient (Wildman–Crippen LogP) is 2.75. The van der Waals surface area contributed by atoms with Crippen LogP contribution in [0.1, 0.15) is 28.9 Å². The van der Waals surface area contributed by atoms with Crippen LogP contribution in [0.3, 0.4) is 0 Å². The highest BCUT2D eigenvalue weighted by Crippen LogP contribution is 2.22. The highest BCUT2D eigenvalue weighted by molar-refractivity contribution is 6.30.